The van der Waals surface area contributed by atoms with E-state index < -0.39 is 36.2 Å². The molecule has 198 valence electrons. The van der Waals surface area contributed by atoms with E-state index in [-0.39, 0.29) is 23.4 Å². The van der Waals surface area contributed by atoms with Crippen molar-refractivity contribution in [2.45, 2.75) is 50.4 Å². The number of para-hydroxylation sites is 1. The van der Waals surface area contributed by atoms with Crippen molar-refractivity contribution in [1.82, 2.24) is 4.98 Å². The van der Waals surface area contributed by atoms with Crippen molar-refractivity contribution in [3.05, 3.63) is 83.9 Å². The van der Waals surface area contributed by atoms with Gasteiger partial charge in [0.05, 0.1) is 6.20 Å². The number of benzene rings is 2. The summed E-state index contributed by atoms with van der Waals surface area (Å²) >= 11 is 0. The van der Waals surface area contributed by atoms with Crippen LogP contribution in [0.5, 0.6) is 5.75 Å². The Kier molecular flexibility index (Phi) is 7.05. The molecule has 2 aromatic carbocycles. The minimum absolute atomic E-state index is 0.00123. The van der Waals surface area contributed by atoms with E-state index in [1.807, 2.05) is 12.1 Å². The van der Waals surface area contributed by atoms with Crippen LogP contribution in [0.25, 0.3) is 0 Å². The predicted octanol–water partition coefficient (Wildman–Crippen LogP) is 6.07. The standard InChI is InChI=1S/C28H25F4N3O3/c29-18-7-6-10-20(15-18)35(25(36)17-38-21-13-14-24(33-16-21)28(30,31)32)26-22-11-4-5-12-23(22)34(27(26)37)19-8-2-1-3-9-19/h4-7,10-16,19,26H,1-3,8-9,17H2. The van der Waals surface area contributed by atoms with Gasteiger partial charge < -0.3 is 9.64 Å². The number of aromatic nitrogens is 1. The lowest BCUT2D eigenvalue weighted by Crippen LogP contribution is -2.46. The normalized spacial score (nSPS) is 17.8. The first-order valence-corrected chi connectivity index (χ1v) is 12.4. The second kappa shape index (κ2) is 10.4. The molecule has 1 fully saturated rings. The SMILES string of the molecule is O=C1C(N(C(=O)COc2ccc(C(F)(F)F)nc2)c2cccc(F)c2)c2ccccc2N1C1CCCCC1. The maximum absolute atomic E-state index is 14.3. The molecule has 2 amide bonds. The molecule has 1 atom stereocenters. The maximum Gasteiger partial charge on any atom is 0.433 e. The summed E-state index contributed by atoms with van der Waals surface area (Å²) in [5, 5.41) is 0. The van der Waals surface area contributed by atoms with Gasteiger partial charge in [0, 0.05) is 23.0 Å². The number of anilines is 2. The number of ether oxygens (including phenoxy) is 1. The zero-order chi connectivity index (χ0) is 26.9. The van der Waals surface area contributed by atoms with Gasteiger partial charge in [0.1, 0.15) is 23.3 Å². The molecule has 6 nitrogen and oxygen atoms in total. The van der Waals surface area contributed by atoms with Crippen LogP contribution in [0.1, 0.15) is 49.4 Å². The van der Waals surface area contributed by atoms with Gasteiger partial charge in [0.15, 0.2) is 6.61 Å². The number of carbonyl (C=O) groups excluding carboxylic acids is 2. The molecule has 0 radical (unpaired) electrons. The van der Waals surface area contributed by atoms with Crippen LogP contribution in [-0.4, -0.2) is 29.4 Å². The Balaban J connectivity index is 1.46. The number of hydrogen-bond acceptors (Lipinski definition) is 4. The molecule has 2 aliphatic rings. The van der Waals surface area contributed by atoms with Crippen molar-refractivity contribution >= 4 is 23.2 Å². The first kappa shape index (κ1) is 25.7. The Morgan fingerprint density at radius 2 is 1.79 bits per heavy atom. The Bertz CT molecular complexity index is 1320. The highest BCUT2D eigenvalue weighted by Gasteiger charge is 2.46. The Hall–Kier alpha value is -3.95. The first-order valence-electron chi connectivity index (χ1n) is 12.4. The highest BCUT2D eigenvalue weighted by Crippen LogP contribution is 2.44. The fraction of sp³-hybridized carbons (Fsp3) is 0.321. The molecule has 5 rings (SSSR count). The number of carbonyl (C=O) groups is 2. The molecule has 1 aliphatic heterocycles. The molecule has 1 unspecified atom stereocenters. The van der Waals surface area contributed by atoms with E-state index >= 15 is 0 Å². The van der Waals surface area contributed by atoms with Crippen LogP contribution in [0.3, 0.4) is 0 Å². The maximum atomic E-state index is 14.3. The van der Waals surface area contributed by atoms with E-state index in [4.69, 9.17) is 4.74 Å². The van der Waals surface area contributed by atoms with Crippen LogP contribution >= 0.6 is 0 Å². The van der Waals surface area contributed by atoms with Crippen molar-refractivity contribution in [3.8, 4) is 5.75 Å². The van der Waals surface area contributed by atoms with Gasteiger partial charge in [-0.3, -0.25) is 14.5 Å². The number of alkyl halides is 3. The zero-order valence-corrected chi connectivity index (χ0v) is 20.3. The molecule has 0 bridgehead atoms. The van der Waals surface area contributed by atoms with Gasteiger partial charge in [0.25, 0.3) is 11.8 Å². The molecule has 0 saturated heterocycles. The van der Waals surface area contributed by atoms with Crippen molar-refractivity contribution in [2.75, 3.05) is 16.4 Å². The van der Waals surface area contributed by atoms with E-state index in [0.29, 0.717) is 5.56 Å². The molecule has 1 aliphatic carbocycles. The molecule has 1 aromatic heterocycles. The minimum atomic E-state index is -4.61. The van der Waals surface area contributed by atoms with Crippen molar-refractivity contribution < 1.29 is 31.9 Å². The molecule has 38 heavy (non-hydrogen) atoms. The summed E-state index contributed by atoms with van der Waals surface area (Å²) in [6.45, 7) is -0.598. The quantitative estimate of drug-likeness (QED) is 0.365. The Morgan fingerprint density at radius 3 is 2.47 bits per heavy atom. The number of amides is 2. The van der Waals surface area contributed by atoms with Crippen LogP contribution in [0.4, 0.5) is 28.9 Å². The van der Waals surface area contributed by atoms with Gasteiger partial charge in [0.2, 0.25) is 0 Å². The number of hydrogen-bond donors (Lipinski definition) is 0. The van der Waals surface area contributed by atoms with Crippen LogP contribution in [0, 0.1) is 5.82 Å². The molecule has 0 N–H and O–H groups in total. The topological polar surface area (TPSA) is 62.7 Å². The molecule has 1 saturated carbocycles. The van der Waals surface area contributed by atoms with Gasteiger partial charge >= 0.3 is 6.18 Å². The third kappa shape index (κ3) is 5.07. The number of fused-ring (bicyclic) bond motifs is 1. The molecule has 10 heteroatoms. The van der Waals surface area contributed by atoms with E-state index in [1.165, 1.54) is 23.1 Å². The number of rotatable bonds is 6. The van der Waals surface area contributed by atoms with Gasteiger partial charge in [-0.15, -0.1) is 0 Å². The Labute approximate surface area is 216 Å². The molecule has 0 spiro atoms. The molecular formula is C28H25F4N3O3. The molecule has 3 aromatic rings. The molecule has 2 heterocycles. The summed E-state index contributed by atoms with van der Waals surface area (Å²) in [6, 6.07) is 13.4. The smallest absolute Gasteiger partial charge is 0.433 e. The minimum Gasteiger partial charge on any atom is -0.482 e. The van der Waals surface area contributed by atoms with Crippen molar-refractivity contribution in [2.24, 2.45) is 0 Å². The lowest BCUT2D eigenvalue weighted by Gasteiger charge is -2.33. The van der Waals surface area contributed by atoms with Crippen LogP contribution in [0.15, 0.2) is 66.9 Å². The summed E-state index contributed by atoms with van der Waals surface area (Å²) in [4.78, 5) is 33.9. The fourth-order valence-electron chi connectivity index (χ4n) is 5.20. The average Bonchev–Trinajstić information content (AvgIpc) is 3.19. The third-order valence-electron chi connectivity index (χ3n) is 6.90. The van der Waals surface area contributed by atoms with Gasteiger partial charge in [-0.05, 0) is 49.2 Å². The van der Waals surface area contributed by atoms with E-state index in [1.54, 1.807) is 17.0 Å². The first-order chi connectivity index (χ1) is 18.2. The summed E-state index contributed by atoms with van der Waals surface area (Å²) in [6.07, 6.45) is 1.08. The summed E-state index contributed by atoms with van der Waals surface area (Å²) < 4.78 is 58.2. The lowest BCUT2D eigenvalue weighted by molar-refractivity contribution is -0.141. The van der Waals surface area contributed by atoms with Gasteiger partial charge in [-0.1, -0.05) is 43.5 Å². The van der Waals surface area contributed by atoms with E-state index in [9.17, 15) is 27.2 Å². The largest absolute Gasteiger partial charge is 0.482 e. The average molecular weight is 528 g/mol. The van der Waals surface area contributed by atoms with E-state index in [0.717, 1.165) is 62.2 Å². The number of pyridine rings is 1. The van der Waals surface area contributed by atoms with Crippen LogP contribution in [-0.2, 0) is 15.8 Å². The van der Waals surface area contributed by atoms with E-state index in [2.05, 4.69) is 4.98 Å². The summed E-state index contributed by atoms with van der Waals surface area (Å²) in [7, 11) is 0. The molecular weight excluding hydrogens is 502 g/mol. The lowest BCUT2D eigenvalue weighted by atomic mass is 9.94. The highest BCUT2D eigenvalue weighted by atomic mass is 19.4. The van der Waals surface area contributed by atoms with Crippen LogP contribution < -0.4 is 14.5 Å². The third-order valence-corrected chi connectivity index (χ3v) is 6.90. The van der Waals surface area contributed by atoms with Crippen LogP contribution in [0.2, 0.25) is 0 Å². The number of halogens is 4. The monoisotopic (exact) mass is 527 g/mol. The number of nitrogens with zero attached hydrogens (tertiary/aromatic N) is 3. The van der Waals surface area contributed by atoms with Gasteiger partial charge in [-0.25, -0.2) is 9.37 Å². The van der Waals surface area contributed by atoms with Crippen molar-refractivity contribution in [1.29, 1.82) is 0 Å². The summed E-state index contributed by atoms with van der Waals surface area (Å²) in [5.41, 5.74) is 0.421. The Morgan fingerprint density at radius 1 is 1.03 bits per heavy atom. The van der Waals surface area contributed by atoms with Crippen molar-refractivity contribution in [3.63, 3.8) is 0 Å². The summed E-state index contributed by atoms with van der Waals surface area (Å²) in [5.74, 6) is -1.58. The zero-order valence-electron chi connectivity index (χ0n) is 20.3. The second-order valence-corrected chi connectivity index (χ2v) is 9.37. The highest BCUT2D eigenvalue weighted by molar-refractivity contribution is 6.12. The second-order valence-electron chi connectivity index (χ2n) is 9.37. The fourth-order valence-corrected chi connectivity index (χ4v) is 5.20. The van der Waals surface area contributed by atoms with Gasteiger partial charge in [-0.2, -0.15) is 13.2 Å². The predicted molar refractivity (Wildman–Crippen MR) is 132 cm³/mol.